The Bertz CT molecular complexity index is 208. The summed E-state index contributed by atoms with van der Waals surface area (Å²) in [6.45, 7) is 11.8. The molecule has 0 aliphatic carbocycles. The molecule has 1 heterocycles. The number of hydrogen-bond acceptors (Lipinski definition) is 2. The highest BCUT2D eigenvalue weighted by Gasteiger charge is 2.30. The van der Waals surface area contributed by atoms with Crippen molar-refractivity contribution < 1.29 is 9.84 Å². The molecule has 0 aromatic rings. The first-order valence-corrected chi connectivity index (χ1v) is 4.21. The van der Waals surface area contributed by atoms with Crippen LogP contribution in [-0.2, 0) is 4.74 Å². The summed E-state index contributed by atoms with van der Waals surface area (Å²) in [6, 6.07) is 0. The molecule has 1 N–H and O–H groups in total. The Hall–Kier alpha value is -0.600. The van der Waals surface area contributed by atoms with Crippen LogP contribution in [0.2, 0.25) is 0 Å². The van der Waals surface area contributed by atoms with Crippen LogP contribution < -0.4 is 0 Å². The van der Waals surface area contributed by atoms with Gasteiger partial charge in [0.25, 0.3) is 0 Å². The van der Waals surface area contributed by atoms with Gasteiger partial charge in [0.1, 0.15) is 6.10 Å². The van der Waals surface area contributed by atoms with E-state index in [0.29, 0.717) is 0 Å². The molecule has 12 heavy (non-hydrogen) atoms. The Kier molecular flexibility index (Phi) is 2.70. The molecule has 0 aromatic carbocycles. The van der Waals surface area contributed by atoms with Gasteiger partial charge in [0, 0.05) is 5.92 Å². The van der Waals surface area contributed by atoms with E-state index in [2.05, 4.69) is 13.2 Å². The number of aliphatic hydroxyl groups excluding tert-OH is 1. The van der Waals surface area contributed by atoms with E-state index in [9.17, 15) is 0 Å². The molecule has 1 fully saturated rings. The Balaban J connectivity index is 2.77. The average Bonchev–Trinajstić information content (AvgIpc) is 2.08. The van der Waals surface area contributed by atoms with E-state index in [4.69, 9.17) is 9.84 Å². The van der Waals surface area contributed by atoms with Gasteiger partial charge in [-0.15, -0.1) is 0 Å². The van der Waals surface area contributed by atoms with Crippen LogP contribution >= 0.6 is 0 Å². The largest absolute Gasteiger partial charge is 0.393 e. The second-order valence-electron chi connectivity index (χ2n) is 3.32. The molecule has 0 amide bonds. The lowest BCUT2D eigenvalue weighted by atomic mass is 9.86. The Morgan fingerprint density at radius 3 is 2.42 bits per heavy atom. The predicted molar refractivity (Wildman–Crippen MR) is 48.9 cm³/mol. The van der Waals surface area contributed by atoms with E-state index in [1.807, 2.05) is 13.8 Å². The minimum atomic E-state index is -0.208. The zero-order valence-electron chi connectivity index (χ0n) is 7.71. The molecule has 68 valence electrons. The molecule has 0 aromatic heterocycles. The highest BCUT2D eigenvalue weighted by Crippen LogP contribution is 2.31. The fraction of sp³-hybridized carbons (Fsp3) is 0.600. The molecule has 2 nitrogen and oxygen atoms in total. The summed E-state index contributed by atoms with van der Waals surface area (Å²) in [6.07, 6.45) is -0.178. The molecule has 0 spiro atoms. The SMILES string of the molecule is C=C1[C@@H](C)C(=C)[C@@H](CO)O[C@H]1C. The number of rotatable bonds is 1. The van der Waals surface area contributed by atoms with Crippen molar-refractivity contribution in [3.63, 3.8) is 0 Å². The van der Waals surface area contributed by atoms with Gasteiger partial charge >= 0.3 is 0 Å². The van der Waals surface area contributed by atoms with Crippen molar-refractivity contribution in [2.24, 2.45) is 5.92 Å². The molecule has 0 unspecified atom stereocenters. The second-order valence-corrected chi connectivity index (χ2v) is 3.32. The lowest BCUT2D eigenvalue weighted by molar-refractivity contribution is -0.0170. The molecule has 1 rings (SSSR count). The fourth-order valence-corrected chi connectivity index (χ4v) is 1.45. The smallest absolute Gasteiger partial charge is 0.103 e. The molecule has 1 saturated heterocycles. The van der Waals surface area contributed by atoms with Gasteiger partial charge in [-0.2, -0.15) is 0 Å². The third-order valence-corrected chi connectivity index (χ3v) is 2.58. The van der Waals surface area contributed by atoms with Gasteiger partial charge in [0.15, 0.2) is 0 Å². The molecular formula is C10H16O2. The maximum atomic E-state index is 8.97. The number of hydrogen-bond donors (Lipinski definition) is 1. The van der Waals surface area contributed by atoms with Crippen molar-refractivity contribution in [1.82, 2.24) is 0 Å². The second kappa shape index (κ2) is 3.42. The lowest BCUT2D eigenvalue weighted by Crippen LogP contribution is -2.36. The summed E-state index contributed by atoms with van der Waals surface area (Å²) in [5, 5.41) is 8.97. The van der Waals surface area contributed by atoms with Gasteiger partial charge in [-0.05, 0) is 18.1 Å². The molecule has 0 saturated carbocycles. The summed E-state index contributed by atoms with van der Waals surface area (Å²) in [7, 11) is 0. The monoisotopic (exact) mass is 168 g/mol. The summed E-state index contributed by atoms with van der Waals surface area (Å²) in [5.74, 6) is 0.255. The normalized spacial score (nSPS) is 37.1. The Morgan fingerprint density at radius 1 is 1.33 bits per heavy atom. The molecule has 0 radical (unpaired) electrons. The van der Waals surface area contributed by atoms with Gasteiger partial charge in [0.05, 0.1) is 12.7 Å². The van der Waals surface area contributed by atoms with Crippen LogP contribution in [0.3, 0.4) is 0 Å². The third kappa shape index (κ3) is 1.45. The standard InChI is InChI=1S/C10H16O2/c1-6-7(2)9(4)12-10(5-11)8(6)3/h6,9-11H,2-3,5H2,1,4H3/t6-,9+,10-/m1/s1. The van der Waals surface area contributed by atoms with Crippen molar-refractivity contribution in [2.75, 3.05) is 6.61 Å². The van der Waals surface area contributed by atoms with Gasteiger partial charge in [-0.25, -0.2) is 0 Å². The van der Waals surface area contributed by atoms with Gasteiger partial charge in [0.2, 0.25) is 0 Å². The molecule has 1 aliphatic heterocycles. The maximum Gasteiger partial charge on any atom is 0.103 e. The van der Waals surface area contributed by atoms with Crippen LogP contribution in [0, 0.1) is 5.92 Å². The van der Waals surface area contributed by atoms with Gasteiger partial charge in [-0.3, -0.25) is 0 Å². The van der Waals surface area contributed by atoms with Crippen LogP contribution in [0.1, 0.15) is 13.8 Å². The summed E-state index contributed by atoms with van der Waals surface area (Å²) < 4.78 is 5.48. The molecule has 3 atom stereocenters. The summed E-state index contributed by atoms with van der Waals surface area (Å²) >= 11 is 0. The van der Waals surface area contributed by atoms with E-state index < -0.39 is 0 Å². The van der Waals surface area contributed by atoms with Crippen molar-refractivity contribution in [1.29, 1.82) is 0 Å². The highest BCUT2D eigenvalue weighted by molar-refractivity contribution is 5.24. The highest BCUT2D eigenvalue weighted by atomic mass is 16.5. The van der Waals surface area contributed by atoms with Crippen LogP contribution in [0.5, 0.6) is 0 Å². The lowest BCUT2D eigenvalue weighted by Gasteiger charge is -2.35. The first kappa shape index (κ1) is 9.49. The molecule has 1 aliphatic rings. The van der Waals surface area contributed by atoms with E-state index in [1.165, 1.54) is 0 Å². The first-order valence-electron chi connectivity index (χ1n) is 4.21. The van der Waals surface area contributed by atoms with E-state index in [-0.39, 0.29) is 24.7 Å². The Morgan fingerprint density at radius 2 is 1.92 bits per heavy atom. The van der Waals surface area contributed by atoms with E-state index >= 15 is 0 Å². The summed E-state index contributed by atoms with van der Waals surface area (Å²) in [4.78, 5) is 0. The first-order chi connectivity index (χ1) is 5.57. The molecular weight excluding hydrogens is 152 g/mol. The minimum absolute atomic E-state index is 0.0147. The summed E-state index contributed by atoms with van der Waals surface area (Å²) in [5.41, 5.74) is 1.98. The number of aliphatic hydroxyl groups is 1. The van der Waals surface area contributed by atoms with Crippen LogP contribution in [0.15, 0.2) is 24.3 Å². The maximum absolute atomic E-state index is 8.97. The molecule has 0 bridgehead atoms. The van der Waals surface area contributed by atoms with Crippen LogP contribution in [0.25, 0.3) is 0 Å². The van der Waals surface area contributed by atoms with Crippen molar-refractivity contribution >= 4 is 0 Å². The third-order valence-electron chi connectivity index (χ3n) is 2.58. The molecule has 2 heteroatoms. The average molecular weight is 168 g/mol. The van der Waals surface area contributed by atoms with Gasteiger partial charge in [-0.1, -0.05) is 20.1 Å². The zero-order chi connectivity index (χ0) is 9.30. The van der Waals surface area contributed by atoms with Gasteiger partial charge < -0.3 is 9.84 Å². The Labute approximate surface area is 73.5 Å². The van der Waals surface area contributed by atoms with Crippen LogP contribution in [0.4, 0.5) is 0 Å². The van der Waals surface area contributed by atoms with Crippen molar-refractivity contribution in [3.05, 3.63) is 24.3 Å². The zero-order valence-corrected chi connectivity index (χ0v) is 7.71. The van der Waals surface area contributed by atoms with Crippen molar-refractivity contribution in [2.45, 2.75) is 26.1 Å². The minimum Gasteiger partial charge on any atom is -0.393 e. The quantitative estimate of drug-likeness (QED) is 0.601. The van der Waals surface area contributed by atoms with Crippen molar-refractivity contribution in [3.8, 4) is 0 Å². The number of ether oxygens (including phenoxy) is 1. The fourth-order valence-electron chi connectivity index (χ4n) is 1.45. The van der Waals surface area contributed by atoms with E-state index in [0.717, 1.165) is 11.1 Å². The topological polar surface area (TPSA) is 29.5 Å². The van der Waals surface area contributed by atoms with Crippen LogP contribution in [-0.4, -0.2) is 23.9 Å². The van der Waals surface area contributed by atoms with E-state index in [1.54, 1.807) is 0 Å². The predicted octanol–water partition coefficient (Wildman–Crippen LogP) is 1.51.